The van der Waals surface area contributed by atoms with Crippen molar-refractivity contribution >= 4 is 39.0 Å². The van der Waals surface area contributed by atoms with Gasteiger partial charge in [0.25, 0.3) is 5.91 Å². The van der Waals surface area contributed by atoms with E-state index < -0.39 is 0 Å². The molecule has 0 saturated carbocycles. The maximum atomic E-state index is 12.8. The topological polar surface area (TPSA) is 83.8 Å². The van der Waals surface area contributed by atoms with Crippen LogP contribution in [-0.4, -0.2) is 66.2 Å². The number of ether oxygens (including phenoxy) is 1. The second-order valence-electron chi connectivity index (χ2n) is 8.15. The van der Waals surface area contributed by atoms with E-state index in [1.807, 2.05) is 6.07 Å². The van der Waals surface area contributed by atoms with Crippen LogP contribution in [0.15, 0.2) is 35.5 Å². The van der Waals surface area contributed by atoms with Crippen LogP contribution in [0.25, 0.3) is 10.9 Å². The van der Waals surface area contributed by atoms with E-state index in [-0.39, 0.29) is 11.9 Å². The van der Waals surface area contributed by atoms with E-state index in [9.17, 15) is 4.79 Å². The van der Waals surface area contributed by atoms with E-state index in [1.54, 1.807) is 0 Å². The molecule has 8 nitrogen and oxygen atoms in total. The fraction of sp³-hybridized carbons (Fsp3) is 0.409. The molecule has 3 aromatic rings. The first-order chi connectivity index (χ1) is 15.1. The molecule has 2 aliphatic rings. The highest BCUT2D eigenvalue weighted by Gasteiger charge is 2.26. The minimum Gasteiger partial charge on any atom is -0.381 e. The summed E-state index contributed by atoms with van der Waals surface area (Å²) in [5.41, 5.74) is 3.05. The predicted octanol–water partition coefficient (Wildman–Crippen LogP) is 2.75. The van der Waals surface area contributed by atoms with Gasteiger partial charge in [-0.1, -0.05) is 29.5 Å². The first kappa shape index (κ1) is 20.2. The first-order valence-corrected chi connectivity index (χ1v) is 11.3. The normalized spacial score (nSPS) is 16.8. The number of nitrogens with one attached hydrogen (secondary N) is 2. The number of carbonyl (C=O) groups excluding carboxylic acids is 1. The highest BCUT2D eigenvalue weighted by atomic mass is 32.1. The molecule has 9 heteroatoms. The molecule has 2 aliphatic heterocycles. The van der Waals surface area contributed by atoms with Gasteiger partial charge in [0.1, 0.15) is 17.4 Å². The van der Waals surface area contributed by atoms with Gasteiger partial charge >= 0.3 is 0 Å². The lowest BCUT2D eigenvalue weighted by atomic mass is 10.1. The van der Waals surface area contributed by atoms with Crippen LogP contribution in [0.4, 0.5) is 5.00 Å². The minimum atomic E-state index is -0.127. The number of benzene rings is 1. The molecule has 1 aromatic carbocycles. The molecule has 0 radical (unpaired) electrons. The number of aromatic nitrogens is 2. The lowest BCUT2D eigenvalue weighted by Gasteiger charge is -2.22. The molecular formula is C22H26N6O2S. The van der Waals surface area contributed by atoms with Gasteiger partial charge in [0, 0.05) is 37.4 Å². The summed E-state index contributed by atoms with van der Waals surface area (Å²) in [6.45, 7) is 2.67. The third kappa shape index (κ3) is 3.96. The Morgan fingerprint density at radius 2 is 2.13 bits per heavy atom. The van der Waals surface area contributed by atoms with Crippen molar-refractivity contribution in [3.63, 3.8) is 0 Å². The van der Waals surface area contributed by atoms with Gasteiger partial charge in [-0.2, -0.15) is 0 Å². The van der Waals surface area contributed by atoms with Crippen LogP contribution in [0.3, 0.4) is 0 Å². The van der Waals surface area contributed by atoms with Crippen molar-refractivity contribution in [3.8, 4) is 0 Å². The summed E-state index contributed by atoms with van der Waals surface area (Å²) < 4.78 is 7.49. The number of nitrogens with zero attached hydrogens (tertiary/aromatic N) is 4. The Labute approximate surface area is 184 Å². The third-order valence-corrected chi connectivity index (χ3v) is 6.58. The lowest BCUT2D eigenvalue weighted by Crippen LogP contribution is -2.38. The molecule has 0 bridgehead atoms. The largest absolute Gasteiger partial charge is 0.381 e. The van der Waals surface area contributed by atoms with Gasteiger partial charge in [-0.15, -0.1) is 0 Å². The number of carbonyl (C=O) groups is 1. The highest BCUT2D eigenvalue weighted by Crippen LogP contribution is 2.31. The molecule has 2 N–H and O–H groups in total. The molecule has 0 aliphatic carbocycles. The Morgan fingerprint density at radius 1 is 1.32 bits per heavy atom. The predicted molar refractivity (Wildman–Crippen MR) is 123 cm³/mol. The monoisotopic (exact) mass is 438 g/mol. The zero-order chi connectivity index (χ0) is 21.4. The second kappa shape index (κ2) is 8.41. The van der Waals surface area contributed by atoms with Gasteiger partial charge in [0.05, 0.1) is 5.52 Å². The van der Waals surface area contributed by atoms with Crippen LogP contribution in [0, 0.1) is 0 Å². The molecule has 162 valence electrons. The van der Waals surface area contributed by atoms with Crippen molar-refractivity contribution in [3.05, 3.63) is 46.7 Å². The number of rotatable bonds is 4. The van der Waals surface area contributed by atoms with Crippen LogP contribution >= 0.6 is 11.3 Å². The number of hydrogen-bond acceptors (Lipinski definition) is 7. The number of fused-ring (bicyclic) bond motifs is 2. The van der Waals surface area contributed by atoms with Crippen molar-refractivity contribution in [1.29, 1.82) is 0 Å². The summed E-state index contributed by atoms with van der Waals surface area (Å²) in [6.07, 6.45) is 3.82. The Bertz CT molecular complexity index is 1140. The SMILES string of the molecule is CN(C)Cc1cn(C2=NCNc3sc(C(=O)NC4CCOCC4)nc32)c2ccccc12. The molecule has 0 atom stereocenters. The van der Waals surface area contributed by atoms with Gasteiger partial charge in [-0.3, -0.25) is 9.36 Å². The summed E-state index contributed by atoms with van der Waals surface area (Å²) in [7, 11) is 4.13. The maximum Gasteiger partial charge on any atom is 0.280 e. The van der Waals surface area contributed by atoms with E-state index in [4.69, 9.17) is 14.7 Å². The van der Waals surface area contributed by atoms with Crippen molar-refractivity contribution in [2.75, 3.05) is 39.3 Å². The van der Waals surface area contributed by atoms with E-state index >= 15 is 0 Å². The molecule has 1 amide bonds. The molecule has 0 spiro atoms. The molecule has 1 fully saturated rings. The van der Waals surface area contributed by atoms with Gasteiger partial charge in [0.2, 0.25) is 0 Å². The highest BCUT2D eigenvalue weighted by molar-refractivity contribution is 7.18. The lowest BCUT2D eigenvalue weighted by molar-refractivity contribution is 0.0696. The first-order valence-electron chi connectivity index (χ1n) is 10.5. The van der Waals surface area contributed by atoms with E-state index in [0.29, 0.717) is 24.9 Å². The zero-order valence-electron chi connectivity index (χ0n) is 17.7. The Morgan fingerprint density at radius 3 is 2.94 bits per heavy atom. The summed E-state index contributed by atoms with van der Waals surface area (Å²) in [6, 6.07) is 8.48. The Hall–Kier alpha value is -2.75. The van der Waals surface area contributed by atoms with E-state index in [1.165, 1.54) is 22.3 Å². The molecule has 31 heavy (non-hydrogen) atoms. The van der Waals surface area contributed by atoms with Crippen LogP contribution in [0.2, 0.25) is 0 Å². The molecule has 5 rings (SSSR count). The average molecular weight is 439 g/mol. The summed E-state index contributed by atoms with van der Waals surface area (Å²) >= 11 is 1.39. The van der Waals surface area contributed by atoms with Crippen LogP contribution in [0.5, 0.6) is 0 Å². The Balaban J connectivity index is 1.48. The maximum absolute atomic E-state index is 12.8. The number of thiazole rings is 1. The van der Waals surface area contributed by atoms with E-state index in [2.05, 4.69) is 58.6 Å². The minimum absolute atomic E-state index is 0.127. The quantitative estimate of drug-likeness (QED) is 0.654. The Kier molecular flexibility index (Phi) is 5.47. The number of hydrogen-bond donors (Lipinski definition) is 2. The average Bonchev–Trinajstić information content (AvgIpc) is 3.36. The van der Waals surface area contributed by atoms with Gasteiger partial charge in [0.15, 0.2) is 10.8 Å². The smallest absolute Gasteiger partial charge is 0.280 e. The molecule has 4 heterocycles. The fourth-order valence-corrected chi connectivity index (χ4v) is 4.97. The van der Waals surface area contributed by atoms with Gasteiger partial charge in [-0.05, 0) is 38.6 Å². The number of anilines is 1. The molecular weight excluding hydrogens is 412 g/mol. The number of amides is 1. The van der Waals surface area contributed by atoms with Crippen molar-refractivity contribution in [2.45, 2.75) is 25.4 Å². The van der Waals surface area contributed by atoms with E-state index in [0.717, 1.165) is 41.4 Å². The summed E-state index contributed by atoms with van der Waals surface area (Å²) in [5, 5.41) is 8.92. The molecule has 2 aromatic heterocycles. The van der Waals surface area contributed by atoms with Crippen LogP contribution < -0.4 is 10.6 Å². The molecule has 1 saturated heterocycles. The van der Waals surface area contributed by atoms with Crippen molar-refractivity contribution < 1.29 is 9.53 Å². The third-order valence-electron chi connectivity index (χ3n) is 5.57. The summed E-state index contributed by atoms with van der Waals surface area (Å²) in [5.74, 6) is 0.648. The fourth-order valence-electron chi connectivity index (χ4n) is 4.12. The molecule has 0 unspecified atom stereocenters. The summed E-state index contributed by atoms with van der Waals surface area (Å²) in [4.78, 5) is 24.4. The van der Waals surface area contributed by atoms with Crippen molar-refractivity contribution in [2.24, 2.45) is 4.99 Å². The van der Waals surface area contributed by atoms with Crippen LogP contribution in [0.1, 0.15) is 33.9 Å². The van der Waals surface area contributed by atoms with Gasteiger partial charge < -0.3 is 20.3 Å². The zero-order valence-corrected chi connectivity index (χ0v) is 18.5. The van der Waals surface area contributed by atoms with Crippen molar-refractivity contribution in [1.82, 2.24) is 19.8 Å². The van der Waals surface area contributed by atoms with Crippen LogP contribution in [-0.2, 0) is 11.3 Å². The standard InChI is InChI=1S/C22H26N6O2S/c1-27(2)11-14-12-28(17-6-4-3-5-16(14)17)19-18-21(24-13-23-19)31-22(26-18)20(29)25-15-7-9-30-10-8-15/h3-6,12,15,24H,7-11,13H2,1-2H3,(H,25,29). The second-order valence-corrected chi connectivity index (χ2v) is 9.15. The number of para-hydroxylation sites is 1. The number of aliphatic imine (C=N–C) groups is 1. The van der Waals surface area contributed by atoms with Gasteiger partial charge in [-0.25, -0.2) is 9.98 Å².